The molecular formula is C44H36O4. The number of fused-ring (bicyclic) bond motifs is 3. The Morgan fingerprint density at radius 2 is 0.729 bits per heavy atom. The van der Waals surface area contributed by atoms with E-state index in [1.807, 2.05) is 60.7 Å². The third kappa shape index (κ3) is 8.70. The van der Waals surface area contributed by atoms with Crippen molar-refractivity contribution in [3.8, 4) is 57.8 Å². The molecule has 0 saturated carbocycles. The highest BCUT2D eigenvalue weighted by molar-refractivity contribution is 5.90. The minimum atomic E-state index is 0.350. The molecule has 0 unspecified atom stereocenters. The van der Waals surface area contributed by atoms with Crippen LogP contribution in [0.3, 0.4) is 0 Å². The molecule has 0 atom stereocenters. The van der Waals surface area contributed by atoms with Gasteiger partial charge < -0.3 is 18.9 Å². The van der Waals surface area contributed by atoms with Gasteiger partial charge in [0.15, 0.2) is 0 Å². The second-order valence-corrected chi connectivity index (χ2v) is 11.1. The molecule has 4 heteroatoms. The van der Waals surface area contributed by atoms with Crippen LogP contribution in [0.5, 0.6) is 0 Å². The Balaban J connectivity index is 0.000000167. The monoisotopic (exact) mass is 628 g/mol. The Bertz CT molecular complexity index is 1830. The fourth-order valence-electron chi connectivity index (χ4n) is 5.72. The Labute approximate surface area is 283 Å². The number of hydrogen-bond acceptors (Lipinski definition) is 4. The fourth-order valence-corrected chi connectivity index (χ4v) is 5.72. The topological polar surface area (TPSA) is 36.9 Å². The van der Waals surface area contributed by atoms with Crippen LogP contribution in [0.25, 0.3) is 22.3 Å². The first-order valence-corrected chi connectivity index (χ1v) is 16.0. The van der Waals surface area contributed by atoms with Gasteiger partial charge >= 0.3 is 0 Å². The van der Waals surface area contributed by atoms with E-state index < -0.39 is 0 Å². The first-order chi connectivity index (χ1) is 23.9. The minimum Gasteiger partial charge on any atom is -0.372 e. The first kappa shape index (κ1) is 32.6. The van der Waals surface area contributed by atoms with Gasteiger partial charge in [-0.25, -0.2) is 0 Å². The van der Waals surface area contributed by atoms with Crippen LogP contribution in [0.4, 0.5) is 0 Å². The molecule has 2 aliphatic rings. The highest BCUT2D eigenvalue weighted by atomic mass is 16.5. The van der Waals surface area contributed by atoms with Crippen molar-refractivity contribution < 1.29 is 18.9 Å². The van der Waals surface area contributed by atoms with E-state index in [4.69, 9.17) is 18.9 Å². The predicted octanol–water partition coefficient (Wildman–Crippen LogP) is 8.21. The molecular weight excluding hydrogens is 592 g/mol. The van der Waals surface area contributed by atoms with Gasteiger partial charge in [-0.15, -0.1) is 0 Å². The average Bonchev–Trinajstić information content (AvgIpc) is 3.84. The van der Waals surface area contributed by atoms with Crippen molar-refractivity contribution in [2.75, 3.05) is 26.4 Å². The molecule has 4 nitrogen and oxygen atoms in total. The molecule has 0 bridgehead atoms. The quantitative estimate of drug-likeness (QED) is 0.140. The van der Waals surface area contributed by atoms with Crippen molar-refractivity contribution in [1.82, 2.24) is 0 Å². The van der Waals surface area contributed by atoms with Gasteiger partial charge in [0, 0.05) is 11.1 Å². The van der Waals surface area contributed by atoms with Crippen molar-refractivity contribution in [1.29, 1.82) is 0 Å². The SMILES string of the molecule is C(#CCOCC#Cc1ccccc1)COCC#Cc1ccccc1.c1ccc(-c2c3c(c4c(c2-c2ccccc2)COC4)COC3)cc1. The van der Waals surface area contributed by atoms with Crippen LogP contribution in [0.15, 0.2) is 121 Å². The summed E-state index contributed by atoms with van der Waals surface area (Å²) in [6.45, 7) is 4.22. The summed E-state index contributed by atoms with van der Waals surface area (Å²) in [6.07, 6.45) is 0. The van der Waals surface area contributed by atoms with Gasteiger partial charge in [-0.2, -0.15) is 0 Å². The Morgan fingerprint density at radius 1 is 0.396 bits per heavy atom. The highest BCUT2D eigenvalue weighted by Crippen LogP contribution is 2.46. The fraction of sp³-hybridized carbons (Fsp3) is 0.182. The van der Waals surface area contributed by atoms with Gasteiger partial charge in [0.2, 0.25) is 0 Å². The standard InChI is InChI=1S/2C22H18O2/c1-3-7-15(8-4-1)21-19-13-23-11-17(19)18-12-24-14-20(18)22(21)16-9-5-2-6-10-16;1-3-11-21(12-4-1)15-9-19-23-17-7-8-18-24-20-10-16-22-13-5-2-6-14-22/h1-10H,11-14H2;1-6,11-14H,17-20H2. The van der Waals surface area contributed by atoms with Crippen LogP contribution >= 0.6 is 0 Å². The molecule has 2 heterocycles. The molecule has 2 aliphatic heterocycles. The van der Waals surface area contributed by atoms with E-state index in [1.165, 1.54) is 44.5 Å². The molecule has 0 aromatic heterocycles. The van der Waals surface area contributed by atoms with Gasteiger partial charge in [0.25, 0.3) is 0 Å². The van der Waals surface area contributed by atoms with Gasteiger partial charge in [-0.1, -0.05) is 133 Å². The average molecular weight is 629 g/mol. The lowest BCUT2D eigenvalue weighted by Gasteiger charge is -2.19. The molecule has 7 rings (SSSR count). The van der Waals surface area contributed by atoms with Gasteiger partial charge in [-0.3, -0.25) is 0 Å². The maximum atomic E-state index is 5.84. The summed E-state index contributed by atoms with van der Waals surface area (Å²) in [6, 6.07) is 41.0. The van der Waals surface area contributed by atoms with Crippen molar-refractivity contribution in [3.63, 3.8) is 0 Å². The summed E-state index contributed by atoms with van der Waals surface area (Å²) >= 11 is 0. The molecule has 48 heavy (non-hydrogen) atoms. The number of rotatable bonds is 6. The largest absolute Gasteiger partial charge is 0.372 e. The lowest BCUT2D eigenvalue weighted by molar-refractivity contribution is 0.126. The summed E-state index contributed by atoms with van der Waals surface area (Å²) in [7, 11) is 0. The van der Waals surface area contributed by atoms with Crippen LogP contribution in [0.2, 0.25) is 0 Å². The normalized spacial score (nSPS) is 12.1. The van der Waals surface area contributed by atoms with E-state index in [0.29, 0.717) is 52.9 Å². The maximum Gasteiger partial charge on any atom is 0.109 e. The zero-order valence-corrected chi connectivity index (χ0v) is 26.8. The van der Waals surface area contributed by atoms with Gasteiger partial charge in [0.05, 0.1) is 26.4 Å². The van der Waals surface area contributed by atoms with E-state index in [0.717, 1.165) is 11.1 Å². The molecule has 0 aliphatic carbocycles. The molecule has 0 fully saturated rings. The van der Waals surface area contributed by atoms with Crippen molar-refractivity contribution in [3.05, 3.63) is 155 Å². The first-order valence-electron chi connectivity index (χ1n) is 16.0. The lowest BCUT2D eigenvalue weighted by atomic mass is 9.83. The summed E-state index contributed by atoms with van der Waals surface area (Å²) in [5.41, 5.74) is 12.5. The summed E-state index contributed by atoms with van der Waals surface area (Å²) in [5.74, 6) is 17.7. The Kier molecular flexibility index (Phi) is 11.9. The third-order valence-corrected chi connectivity index (χ3v) is 7.89. The third-order valence-electron chi connectivity index (χ3n) is 7.89. The summed E-state index contributed by atoms with van der Waals surface area (Å²) < 4.78 is 22.3. The lowest BCUT2D eigenvalue weighted by Crippen LogP contribution is -2.01. The van der Waals surface area contributed by atoms with Crippen molar-refractivity contribution in [2.45, 2.75) is 26.4 Å². The predicted molar refractivity (Wildman–Crippen MR) is 190 cm³/mol. The number of hydrogen-bond donors (Lipinski definition) is 0. The van der Waals surface area contributed by atoms with E-state index in [1.54, 1.807) is 0 Å². The van der Waals surface area contributed by atoms with E-state index in [2.05, 4.69) is 96.2 Å². The maximum absolute atomic E-state index is 5.84. The molecule has 5 aromatic rings. The molecule has 236 valence electrons. The molecule has 0 amide bonds. The molecule has 0 radical (unpaired) electrons. The smallest absolute Gasteiger partial charge is 0.109 e. The minimum absolute atomic E-state index is 0.350. The van der Waals surface area contributed by atoms with Crippen LogP contribution < -0.4 is 0 Å². The van der Waals surface area contributed by atoms with Crippen LogP contribution in [0.1, 0.15) is 33.4 Å². The second-order valence-electron chi connectivity index (χ2n) is 11.1. The Morgan fingerprint density at radius 3 is 1.12 bits per heavy atom. The number of ether oxygens (including phenoxy) is 4. The van der Waals surface area contributed by atoms with Gasteiger partial charge in [-0.05, 0) is 68.8 Å². The molecule has 0 saturated heterocycles. The van der Waals surface area contributed by atoms with E-state index in [9.17, 15) is 0 Å². The van der Waals surface area contributed by atoms with E-state index in [-0.39, 0.29) is 0 Å². The summed E-state index contributed by atoms with van der Waals surface area (Å²) in [4.78, 5) is 0. The highest BCUT2D eigenvalue weighted by Gasteiger charge is 2.30. The van der Waals surface area contributed by atoms with Gasteiger partial charge in [0.1, 0.15) is 26.4 Å². The zero-order chi connectivity index (χ0) is 32.6. The van der Waals surface area contributed by atoms with Crippen LogP contribution in [-0.2, 0) is 45.4 Å². The Hall–Kier alpha value is -5.38. The van der Waals surface area contributed by atoms with Crippen LogP contribution in [-0.4, -0.2) is 26.4 Å². The molecule has 0 spiro atoms. The van der Waals surface area contributed by atoms with Crippen LogP contribution in [0, 0.1) is 35.5 Å². The van der Waals surface area contributed by atoms with E-state index >= 15 is 0 Å². The molecule has 0 N–H and O–H groups in total. The zero-order valence-electron chi connectivity index (χ0n) is 26.8. The second kappa shape index (κ2) is 17.5. The number of benzene rings is 5. The van der Waals surface area contributed by atoms with Crippen molar-refractivity contribution in [2.24, 2.45) is 0 Å². The molecule has 5 aromatic carbocycles. The summed E-state index contributed by atoms with van der Waals surface area (Å²) in [5, 5.41) is 0. The van der Waals surface area contributed by atoms with Crippen molar-refractivity contribution >= 4 is 0 Å².